The third kappa shape index (κ3) is 3.24. The molecule has 0 saturated carbocycles. The van der Waals surface area contributed by atoms with Crippen LogP contribution in [0.4, 0.5) is 0 Å². The lowest BCUT2D eigenvalue weighted by Gasteiger charge is -2.23. The number of fused-ring (bicyclic) bond motifs is 1. The first kappa shape index (κ1) is 15.5. The maximum Gasteiger partial charge on any atom is 0.326 e. The molecule has 110 valence electrons. The minimum absolute atomic E-state index is 0.283. The maximum absolute atomic E-state index is 12.4. The monoisotopic (exact) mass is 349 g/mol. The molecule has 0 aliphatic rings. The number of carbonyl (C=O) groups excluding carboxylic acids is 1. The highest BCUT2D eigenvalue weighted by molar-refractivity contribution is 9.10. The Kier molecular flexibility index (Phi) is 4.63. The van der Waals surface area contributed by atoms with Crippen LogP contribution < -0.4 is 0 Å². The minimum atomic E-state index is -0.988. The molecular weight excluding hydrogens is 334 g/mol. The summed E-state index contributed by atoms with van der Waals surface area (Å²) < 4.78 is 0.975. The third-order valence-electron chi connectivity index (χ3n) is 3.51. The first-order valence-corrected chi connectivity index (χ1v) is 7.42. The molecule has 5 heteroatoms. The van der Waals surface area contributed by atoms with E-state index in [0.29, 0.717) is 12.0 Å². The predicted molar refractivity (Wildman–Crippen MR) is 85.5 cm³/mol. The van der Waals surface area contributed by atoms with Crippen LogP contribution in [0.1, 0.15) is 23.7 Å². The topological polar surface area (TPSA) is 57.6 Å². The summed E-state index contributed by atoms with van der Waals surface area (Å²) in [7, 11) is 1.52. The fourth-order valence-electron chi connectivity index (χ4n) is 2.31. The summed E-state index contributed by atoms with van der Waals surface area (Å²) in [6.07, 6.45) is 0.373. The van der Waals surface area contributed by atoms with Crippen LogP contribution in [0.25, 0.3) is 10.8 Å². The van der Waals surface area contributed by atoms with Crippen LogP contribution in [0, 0.1) is 0 Å². The Morgan fingerprint density at radius 1 is 1.19 bits per heavy atom. The Balaban J connectivity index is 2.35. The van der Waals surface area contributed by atoms with E-state index in [1.54, 1.807) is 19.1 Å². The van der Waals surface area contributed by atoms with Crippen molar-refractivity contribution < 1.29 is 14.7 Å². The number of halogens is 1. The number of rotatable bonds is 4. The second kappa shape index (κ2) is 6.26. The highest BCUT2D eigenvalue weighted by Crippen LogP contribution is 2.22. The fourth-order valence-corrected chi connectivity index (χ4v) is 2.69. The zero-order valence-electron chi connectivity index (χ0n) is 11.8. The van der Waals surface area contributed by atoms with E-state index in [4.69, 9.17) is 5.11 Å². The van der Waals surface area contributed by atoms with Crippen molar-refractivity contribution >= 4 is 38.6 Å². The normalized spacial score (nSPS) is 12.1. The van der Waals surface area contributed by atoms with Gasteiger partial charge in [0.25, 0.3) is 5.91 Å². The van der Waals surface area contributed by atoms with Crippen molar-refractivity contribution in [2.75, 3.05) is 7.05 Å². The lowest BCUT2D eigenvalue weighted by Crippen LogP contribution is -2.41. The summed E-state index contributed by atoms with van der Waals surface area (Å²) in [5, 5.41) is 11.1. The molecule has 1 N–H and O–H groups in total. The average Bonchev–Trinajstić information content (AvgIpc) is 2.46. The molecule has 1 unspecified atom stereocenters. The molecule has 1 atom stereocenters. The van der Waals surface area contributed by atoms with E-state index in [1.807, 2.05) is 24.3 Å². The number of amides is 1. The van der Waals surface area contributed by atoms with Gasteiger partial charge >= 0.3 is 5.97 Å². The van der Waals surface area contributed by atoms with E-state index in [1.165, 1.54) is 11.9 Å². The number of likely N-dealkylation sites (N-methyl/N-ethyl adjacent to an activating group) is 1. The third-order valence-corrected chi connectivity index (χ3v) is 4.00. The van der Waals surface area contributed by atoms with Crippen molar-refractivity contribution in [2.45, 2.75) is 19.4 Å². The molecule has 0 aliphatic carbocycles. The highest BCUT2D eigenvalue weighted by Gasteiger charge is 2.25. The van der Waals surface area contributed by atoms with Gasteiger partial charge < -0.3 is 10.0 Å². The Hall–Kier alpha value is -1.88. The molecule has 21 heavy (non-hydrogen) atoms. The van der Waals surface area contributed by atoms with E-state index in [2.05, 4.69) is 15.9 Å². The van der Waals surface area contributed by atoms with Gasteiger partial charge in [-0.1, -0.05) is 35.0 Å². The second-order valence-corrected chi connectivity index (χ2v) is 5.80. The number of benzene rings is 2. The smallest absolute Gasteiger partial charge is 0.326 e. The minimum Gasteiger partial charge on any atom is -0.480 e. The van der Waals surface area contributed by atoms with Crippen LogP contribution >= 0.6 is 15.9 Å². The largest absolute Gasteiger partial charge is 0.480 e. The van der Waals surface area contributed by atoms with Crippen LogP contribution in [0.15, 0.2) is 40.9 Å². The molecule has 2 rings (SSSR count). The predicted octanol–water partition coefficient (Wildman–Crippen LogP) is 3.54. The van der Waals surface area contributed by atoms with Gasteiger partial charge in [0.2, 0.25) is 0 Å². The lowest BCUT2D eigenvalue weighted by atomic mass is 10.1. The first-order chi connectivity index (χ1) is 9.93. The quantitative estimate of drug-likeness (QED) is 0.918. The number of carboxylic acids is 1. The van der Waals surface area contributed by atoms with E-state index in [9.17, 15) is 9.59 Å². The number of aliphatic carboxylic acids is 1. The number of hydrogen-bond acceptors (Lipinski definition) is 2. The molecule has 0 spiro atoms. The Bertz CT molecular complexity index is 699. The molecule has 0 bridgehead atoms. The highest BCUT2D eigenvalue weighted by atomic mass is 79.9. The molecule has 2 aromatic carbocycles. The van der Waals surface area contributed by atoms with Crippen molar-refractivity contribution in [3.8, 4) is 0 Å². The van der Waals surface area contributed by atoms with E-state index >= 15 is 0 Å². The van der Waals surface area contributed by atoms with Gasteiger partial charge in [-0.15, -0.1) is 0 Å². The summed E-state index contributed by atoms with van der Waals surface area (Å²) in [6.45, 7) is 1.75. The Morgan fingerprint density at radius 2 is 1.81 bits per heavy atom. The van der Waals surface area contributed by atoms with Crippen molar-refractivity contribution in [1.82, 2.24) is 4.90 Å². The molecule has 0 aromatic heterocycles. The molecular formula is C16H16BrNO3. The molecule has 0 heterocycles. The van der Waals surface area contributed by atoms with Gasteiger partial charge in [-0.2, -0.15) is 0 Å². The second-order valence-electron chi connectivity index (χ2n) is 4.88. The van der Waals surface area contributed by atoms with Crippen molar-refractivity contribution in [1.29, 1.82) is 0 Å². The number of nitrogens with zero attached hydrogens (tertiary/aromatic N) is 1. The van der Waals surface area contributed by atoms with Gasteiger partial charge in [-0.05, 0) is 41.5 Å². The Morgan fingerprint density at radius 3 is 2.43 bits per heavy atom. The van der Waals surface area contributed by atoms with Gasteiger partial charge in [-0.25, -0.2) is 4.79 Å². The Labute approximate surface area is 131 Å². The molecule has 0 saturated heterocycles. The van der Waals surface area contributed by atoms with E-state index in [-0.39, 0.29) is 5.91 Å². The van der Waals surface area contributed by atoms with Crippen LogP contribution in [-0.4, -0.2) is 35.0 Å². The number of hydrogen-bond donors (Lipinski definition) is 1. The summed E-state index contributed by atoms with van der Waals surface area (Å²) in [4.78, 5) is 24.9. The SMILES string of the molecule is CCC(C(=O)O)N(C)C(=O)c1ccc2cc(Br)ccc2c1. The van der Waals surface area contributed by atoms with Crippen LogP contribution in [-0.2, 0) is 4.79 Å². The zero-order chi connectivity index (χ0) is 15.6. The van der Waals surface area contributed by atoms with Gasteiger partial charge in [0.05, 0.1) is 0 Å². The van der Waals surface area contributed by atoms with Gasteiger partial charge in [0.1, 0.15) is 6.04 Å². The van der Waals surface area contributed by atoms with Crippen LogP contribution in [0.5, 0.6) is 0 Å². The van der Waals surface area contributed by atoms with Crippen LogP contribution in [0.2, 0.25) is 0 Å². The van der Waals surface area contributed by atoms with E-state index < -0.39 is 12.0 Å². The first-order valence-electron chi connectivity index (χ1n) is 6.63. The molecule has 0 radical (unpaired) electrons. The fraction of sp³-hybridized carbons (Fsp3) is 0.250. The van der Waals surface area contributed by atoms with Crippen molar-refractivity contribution in [3.63, 3.8) is 0 Å². The average molecular weight is 350 g/mol. The van der Waals surface area contributed by atoms with Gasteiger partial charge in [-0.3, -0.25) is 4.79 Å². The van der Waals surface area contributed by atoms with Crippen molar-refractivity contribution in [2.24, 2.45) is 0 Å². The van der Waals surface area contributed by atoms with Crippen molar-refractivity contribution in [3.05, 3.63) is 46.4 Å². The molecule has 0 aliphatic heterocycles. The van der Waals surface area contributed by atoms with Gasteiger partial charge in [0.15, 0.2) is 0 Å². The molecule has 2 aromatic rings. The van der Waals surface area contributed by atoms with Gasteiger partial charge in [0, 0.05) is 17.1 Å². The summed E-state index contributed by atoms with van der Waals surface area (Å²) in [6, 6.07) is 10.4. The summed E-state index contributed by atoms with van der Waals surface area (Å²) in [5.41, 5.74) is 0.493. The molecule has 0 fully saturated rings. The summed E-state index contributed by atoms with van der Waals surface area (Å²) >= 11 is 3.41. The summed E-state index contributed by atoms with van der Waals surface area (Å²) in [5.74, 6) is -1.27. The molecule has 1 amide bonds. The maximum atomic E-state index is 12.4. The number of carbonyl (C=O) groups is 2. The standard InChI is InChI=1S/C16H16BrNO3/c1-3-14(16(20)21)18(2)15(19)12-5-4-11-9-13(17)7-6-10(11)8-12/h4-9,14H,3H2,1-2H3,(H,20,21). The number of carboxylic acid groups (broad SMARTS) is 1. The zero-order valence-corrected chi connectivity index (χ0v) is 13.4. The van der Waals surface area contributed by atoms with Crippen LogP contribution in [0.3, 0.4) is 0 Å². The van der Waals surface area contributed by atoms with E-state index in [0.717, 1.165) is 15.2 Å². The lowest BCUT2D eigenvalue weighted by molar-refractivity contribution is -0.142. The molecule has 4 nitrogen and oxygen atoms in total.